The average molecular weight is 330 g/mol. The molecule has 20 heavy (non-hydrogen) atoms. The summed E-state index contributed by atoms with van der Waals surface area (Å²) in [6.07, 6.45) is 5.64. The minimum absolute atomic E-state index is 0.0165. The van der Waals surface area contributed by atoms with Gasteiger partial charge in [-0.1, -0.05) is 34.2 Å². The summed E-state index contributed by atoms with van der Waals surface area (Å²) in [4.78, 5) is 24.6. The summed E-state index contributed by atoms with van der Waals surface area (Å²) in [6, 6.07) is 4.06. The number of nitriles is 2. The highest BCUT2D eigenvalue weighted by Gasteiger charge is 2.80. The van der Waals surface area contributed by atoms with Crippen LogP contribution >= 0.6 is 15.9 Å². The highest BCUT2D eigenvalue weighted by Crippen LogP contribution is 2.70. The Morgan fingerprint density at radius 2 is 1.65 bits per heavy atom. The second kappa shape index (κ2) is 3.21. The predicted octanol–water partition coefficient (Wildman–Crippen LogP) is 1.00. The molecule has 0 unspecified atom stereocenters. The molecule has 6 heteroatoms. The fourth-order valence-corrected chi connectivity index (χ4v) is 5.35. The number of hydrogen-bond acceptors (Lipinski definition) is 4. The number of carbonyl (C=O) groups excluding carboxylic acids is 2. The summed E-state index contributed by atoms with van der Waals surface area (Å²) in [5.41, 5.74) is -3.20. The van der Waals surface area contributed by atoms with Gasteiger partial charge in [0.25, 0.3) is 0 Å². The molecule has 1 saturated carbocycles. The van der Waals surface area contributed by atoms with E-state index in [1.807, 2.05) is 30.4 Å². The van der Waals surface area contributed by atoms with Crippen molar-refractivity contribution in [2.75, 3.05) is 0 Å². The van der Waals surface area contributed by atoms with Crippen LogP contribution in [0.3, 0.4) is 0 Å². The summed E-state index contributed by atoms with van der Waals surface area (Å²) in [5, 5.41) is 21.6. The van der Waals surface area contributed by atoms with Crippen LogP contribution in [0.2, 0.25) is 0 Å². The number of hydrogen-bond donors (Lipinski definition) is 1. The molecule has 1 N–H and O–H groups in total. The van der Waals surface area contributed by atoms with Gasteiger partial charge in [-0.05, 0) is 10.4 Å². The molecular weight excluding hydrogens is 322 g/mol. The van der Waals surface area contributed by atoms with E-state index >= 15 is 0 Å². The first-order valence-electron chi connectivity index (χ1n) is 6.28. The fraction of sp³-hybridized carbons (Fsp3) is 0.429. The molecule has 0 spiro atoms. The van der Waals surface area contributed by atoms with Crippen LogP contribution in [-0.2, 0) is 9.59 Å². The number of imide groups is 1. The van der Waals surface area contributed by atoms with Crippen molar-refractivity contribution in [3.63, 3.8) is 0 Å². The van der Waals surface area contributed by atoms with E-state index < -0.39 is 34.5 Å². The van der Waals surface area contributed by atoms with E-state index in [0.717, 1.165) is 4.48 Å². The lowest BCUT2D eigenvalue weighted by Crippen LogP contribution is -2.64. The lowest BCUT2D eigenvalue weighted by Gasteiger charge is -2.59. The van der Waals surface area contributed by atoms with Gasteiger partial charge >= 0.3 is 0 Å². The second-order valence-electron chi connectivity index (χ2n) is 5.71. The van der Waals surface area contributed by atoms with Crippen molar-refractivity contribution >= 4 is 27.7 Å². The van der Waals surface area contributed by atoms with Crippen LogP contribution in [0.5, 0.6) is 0 Å². The SMILES string of the molecule is N#C[C@]12C(=O)NC(=O)[C@]1(C#N)[C@H]1C=C[C@@H]2[C@H]2C=C(Br)[C@@H]21. The van der Waals surface area contributed by atoms with Crippen LogP contribution in [0, 0.1) is 57.2 Å². The fourth-order valence-electron chi connectivity index (χ4n) is 4.45. The zero-order valence-electron chi connectivity index (χ0n) is 10.1. The first-order chi connectivity index (χ1) is 9.54. The van der Waals surface area contributed by atoms with Crippen molar-refractivity contribution in [2.45, 2.75) is 0 Å². The van der Waals surface area contributed by atoms with Crippen molar-refractivity contribution in [3.8, 4) is 12.1 Å². The van der Waals surface area contributed by atoms with E-state index in [2.05, 4.69) is 21.2 Å². The maximum Gasteiger partial charge on any atom is 0.249 e. The Morgan fingerprint density at radius 3 is 2.20 bits per heavy atom. The average Bonchev–Trinajstić information content (AvgIpc) is 2.67. The van der Waals surface area contributed by atoms with Crippen LogP contribution in [0.15, 0.2) is 22.7 Å². The van der Waals surface area contributed by atoms with Crippen LogP contribution in [0.25, 0.3) is 0 Å². The van der Waals surface area contributed by atoms with Gasteiger partial charge in [-0.3, -0.25) is 14.9 Å². The zero-order valence-corrected chi connectivity index (χ0v) is 11.7. The molecule has 1 aliphatic heterocycles. The van der Waals surface area contributed by atoms with E-state index in [1.165, 1.54) is 0 Å². The molecule has 2 fully saturated rings. The van der Waals surface area contributed by atoms with Gasteiger partial charge in [0.15, 0.2) is 10.8 Å². The van der Waals surface area contributed by atoms with Gasteiger partial charge in [-0.15, -0.1) is 0 Å². The highest BCUT2D eigenvalue weighted by atomic mass is 79.9. The number of carbonyl (C=O) groups is 2. The summed E-state index contributed by atoms with van der Waals surface area (Å²) in [7, 11) is 0. The molecule has 6 atom stereocenters. The Kier molecular flexibility index (Phi) is 1.91. The minimum atomic E-state index is -1.60. The third-order valence-electron chi connectivity index (χ3n) is 5.33. The molecular formula is C14H8BrN3O2. The largest absolute Gasteiger partial charge is 0.293 e. The first-order valence-corrected chi connectivity index (χ1v) is 7.08. The summed E-state index contributed by atoms with van der Waals surface area (Å²) >= 11 is 3.45. The zero-order chi connectivity index (χ0) is 14.3. The molecule has 98 valence electrons. The van der Waals surface area contributed by atoms with Crippen LogP contribution in [-0.4, -0.2) is 11.8 Å². The minimum Gasteiger partial charge on any atom is -0.293 e. The Labute approximate surface area is 123 Å². The molecule has 4 aliphatic carbocycles. The lowest BCUT2D eigenvalue weighted by atomic mass is 9.39. The molecule has 2 bridgehead atoms. The Morgan fingerprint density at radius 1 is 1.10 bits per heavy atom. The van der Waals surface area contributed by atoms with Crippen LogP contribution in [0.1, 0.15) is 0 Å². The van der Waals surface area contributed by atoms with Gasteiger partial charge in [0.1, 0.15) is 0 Å². The number of rotatable bonds is 0. The molecule has 1 saturated heterocycles. The Bertz CT molecular complexity index is 728. The van der Waals surface area contributed by atoms with Gasteiger partial charge in [0, 0.05) is 17.8 Å². The quantitative estimate of drug-likeness (QED) is 0.530. The molecule has 0 aromatic rings. The smallest absolute Gasteiger partial charge is 0.249 e. The first kappa shape index (κ1) is 11.9. The van der Waals surface area contributed by atoms with Crippen molar-refractivity contribution in [1.29, 1.82) is 10.5 Å². The molecule has 5 rings (SSSR count). The summed E-state index contributed by atoms with van der Waals surface area (Å²) in [5.74, 6) is -2.06. The highest BCUT2D eigenvalue weighted by molar-refractivity contribution is 9.11. The number of nitrogens with one attached hydrogen (secondary N) is 1. The molecule has 5 aliphatic rings. The number of amides is 2. The monoisotopic (exact) mass is 329 g/mol. The lowest BCUT2D eigenvalue weighted by molar-refractivity contribution is -0.142. The van der Waals surface area contributed by atoms with E-state index in [1.54, 1.807) is 0 Å². The van der Waals surface area contributed by atoms with Gasteiger partial charge in [0.2, 0.25) is 11.8 Å². The Balaban J connectivity index is 2.08. The van der Waals surface area contributed by atoms with Gasteiger partial charge in [-0.25, -0.2) is 0 Å². The summed E-state index contributed by atoms with van der Waals surface area (Å²) < 4.78 is 0.954. The number of allylic oxidation sites excluding steroid dienone is 4. The van der Waals surface area contributed by atoms with Crippen molar-refractivity contribution in [3.05, 3.63) is 22.7 Å². The number of nitrogens with zero attached hydrogens (tertiary/aromatic N) is 2. The third-order valence-corrected chi connectivity index (χ3v) is 6.12. The van der Waals surface area contributed by atoms with Gasteiger partial charge in [-0.2, -0.15) is 10.5 Å². The van der Waals surface area contributed by atoms with E-state index in [-0.39, 0.29) is 11.8 Å². The van der Waals surface area contributed by atoms with Crippen LogP contribution < -0.4 is 5.32 Å². The normalized spacial score (nSPS) is 50.2. The molecule has 0 aromatic carbocycles. The Hall–Kier alpha value is -1.92. The van der Waals surface area contributed by atoms with Crippen molar-refractivity contribution < 1.29 is 9.59 Å². The van der Waals surface area contributed by atoms with Gasteiger partial charge in [0.05, 0.1) is 12.1 Å². The molecule has 1 heterocycles. The standard InChI is InChI=1S/C14H8BrN3O2/c15-9-3-6-7-1-2-8(10(6)9)14(5-17)12(20)18-11(19)13(7,14)4-16/h1-3,6-8,10H,(H,18,19,20)/t6-,7-,8+,10+,13+,14+/m1/s1. The van der Waals surface area contributed by atoms with Crippen LogP contribution in [0.4, 0.5) is 0 Å². The molecule has 0 aromatic heterocycles. The maximum atomic E-state index is 12.3. The van der Waals surface area contributed by atoms with Crippen molar-refractivity contribution in [2.24, 2.45) is 34.5 Å². The number of halogens is 1. The molecule has 0 radical (unpaired) electrons. The topological polar surface area (TPSA) is 93.8 Å². The van der Waals surface area contributed by atoms with E-state index in [9.17, 15) is 20.1 Å². The van der Waals surface area contributed by atoms with E-state index in [0.29, 0.717) is 0 Å². The molecule has 2 amide bonds. The van der Waals surface area contributed by atoms with Crippen molar-refractivity contribution in [1.82, 2.24) is 5.32 Å². The summed E-state index contributed by atoms with van der Waals surface area (Å²) in [6.45, 7) is 0. The third kappa shape index (κ3) is 0.837. The molecule has 5 nitrogen and oxygen atoms in total. The van der Waals surface area contributed by atoms with Gasteiger partial charge < -0.3 is 0 Å². The second-order valence-corrected chi connectivity index (χ2v) is 6.63. The predicted molar refractivity (Wildman–Crippen MR) is 69.4 cm³/mol. The van der Waals surface area contributed by atoms with E-state index in [4.69, 9.17) is 0 Å². The maximum absolute atomic E-state index is 12.3.